The molecule has 3 rings (SSSR count). The lowest BCUT2D eigenvalue weighted by Gasteiger charge is -2.33. The summed E-state index contributed by atoms with van der Waals surface area (Å²) >= 11 is 0. The van der Waals surface area contributed by atoms with Crippen LogP contribution < -0.4 is 0 Å². The van der Waals surface area contributed by atoms with Gasteiger partial charge in [0, 0.05) is 23.7 Å². The Bertz CT molecular complexity index is 668. The first-order valence-electron chi connectivity index (χ1n) is 7.98. The van der Waals surface area contributed by atoms with Gasteiger partial charge >= 0.3 is 0 Å². The summed E-state index contributed by atoms with van der Waals surface area (Å²) in [6, 6.07) is 6.73. The number of piperidine rings is 1. The first kappa shape index (κ1) is 15.6. The van der Waals surface area contributed by atoms with Gasteiger partial charge in [-0.1, -0.05) is 13.3 Å². The first-order valence-corrected chi connectivity index (χ1v) is 7.98. The van der Waals surface area contributed by atoms with Crippen molar-refractivity contribution < 1.29 is 9.34 Å². The van der Waals surface area contributed by atoms with Gasteiger partial charge in [-0.15, -0.1) is 10.2 Å². The summed E-state index contributed by atoms with van der Waals surface area (Å²) in [6.45, 7) is 3.94. The van der Waals surface area contributed by atoms with Crippen molar-refractivity contribution in [2.75, 3.05) is 6.54 Å². The Labute approximate surface area is 134 Å². The maximum absolute atomic E-state index is 10.7. The summed E-state index contributed by atoms with van der Waals surface area (Å²) in [7, 11) is 0. The number of nitrogens with zero attached hydrogens (tertiary/aromatic N) is 4. The fourth-order valence-corrected chi connectivity index (χ4v) is 3.06. The highest BCUT2D eigenvalue weighted by molar-refractivity contribution is 5.55. The summed E-state index contributed by atoms with van der Waals surface area (Å²) < 4.78 is 5.73. The van der Waals surface area contributed by atoms with Crippen LogP contribution in [-0.2, 0) is 6.54 Å². The van der Waals surface area contributed by atoms with E-state index in [-0.39, 0.29) is 5.69 Å². The van der Waals surface area contributed by atoms with E-state index in [1.165, 1.54) is 31.4 Å². The Kier molecular flexibility index (Phi) is 4.66. The Morgan fingerprint density at radius 2 is 2.09 bits per heavy atom. The number of non-ortho nitro benzene ring substituents is 1. The van der Waals surface area contributed by atoms with Gasteiger partial charge in [0.2, 0.25) is 11.8 Å². The molecule has 23 heavy (non-hydrogen) atoms. The zero-order chi connectivity index (χ0) is 16.2. The highest BCUT2D eigenvalue weighted by atomic mass is 16.6. The second-order valence-corrected chi connectivity index (χ2v) is 5.83. The molecule has 0 saturated carbocycles. The standard InChI is InChI=1S/C16H20N4O3/c1-2-13-5-3-4-10-19(13)11-15-17-18-16(23-15)12-6-8-14(9-7-12)20(21)22/h6-9,13H,2-5,10-11H2,1H3. The maximum Gasteiger partial charge on any atom is 0.269 e. The van der Waals surface area contributed by atoms with Crippen molar-refractivity contribution in [2.24, 2.45) is 0 Å². The molecule has 1 aromatic carbocycles. The average Bonchev–Trinajstić information content (AvgIpc) is 3.04. The molecule has 7 nitrogen and oxygen atoms in total. The molecule has 0 bridgehead atoms. The van der Waals surface area contributed by atoms with Crippen LogP contribution in [0.15, 0.2) is 28.7 Å². The van der Waals surface area contributed by atoms with Crippen LogP contribution in [0.5, 0.6) is 0 Å². The van der Waals surface area contributed by atoms with Crippen LogP contribution >= 0.6 is 0 Å². The molecule has 1 fully saturated rings. The summed E-state index contributed by atoms with van der Waals surface area (Å²) in [5, 5.41) is 18.9. The molecule has 7 heteroatoms. The predicted octanol–water partition coefficient (Wildman–Crippen LogP) is 3.41. The van der Waals surface area contributed by atoms with Crippen molar-refractivity contribution in [1.82, 2.24) is 15.1 Å². The number of rotatable bonds is 5. The van der Waals surface area contributed by atoms with Gasteiger partial charge < -0.3 is 4.42 Å². The molecule has 0 amide bonds. The fourth-order valence-electron chi connectivity index (χ4n) is 3.06. The molecule has 2 aromatic rings. The maximum atomic E-state index is 10.7. The minimum Gasteiger partial charge on any atom is -0.419 e. The van der Waals surface area contributed by atoms with Crippen molar-refractivity contribution in [3.05, 3.63) is 40.3 Å². The molecule has 1 atom stereocenters. The van der Waals surface area contributed by atoms with E-state index < -0.39 is 4.92 Å². The monoisotopic (exact) mass is 316 g/mol. The molecule has 0 spiro atoms. The highest BCUT2D eigenvalue weighted by Gasteiger charge is 2.23. The Morgan fingerprint density at radius 1 is 1.30 bits per heavy atom. The lowest BCUT2D eigenvalue weighted by atomic mass is 10.0. The Hall–Kier alpha value is -2.28. The van der Waals surface area contributed by atoms with Crippen LogP contribution in [0.4, 0.5) is 5.69 Å². The summed E-state index contributed by atoms with van der Waals surface area (Å²) in [6.07, 6.45) is 4.84. The van der Waals surface area contributed by atoms with Gasteiger partial charge in [-0.3, -0.25) is 15.0 Å². The van der Waals surface area contributed by atoms with E-state index in [0.717, 1.165) is 13.0 Å². The quantitative estimate of drug-likeness (QED) is 0.620. The van der Waals surface area contributed by atoms with Crippen molar-refractivity contribution in [3.8, 4) is 11.5 Å². The van der Waals surface area contributed by atoms with E-state index in [1.807, 2.05) is 0 Å². The normalized spacial score (nSPS) is 18.9. The summed E-state index contributed by atoms with van der Waals surface area (Å²) in [5.74, 6) is 0.999. The number of benzene rings is 1. The van der Waals surface area contributed by atoms with Crippen molar-refractivity contribution >= 4 is 5.69 Å². The van der Waals surface area contributed by atoms with Crippen LogP contribution in [0.1, 0.15) is 38.5 Å². The third-order valence-electron chi connectivity index (χ3n) is 4.35. The van der Waals surface area contributed by atoms with Crippen molar-refractivity contribution in [2.45, 2.75) is 45.2 Å². The van der Waals surface area contributed by atoms with Gasteiger partial charge in [-0.05, 0) is 37.9 Å². The third kappa shape index (κ3) is 3.56. The molecule has 0 N–H and O–H groups in total. The Balaban J connectivity index is 1.71. The van der Waals surface area contributed by atoms with Gasteiger partial charge in [-0.25, -0.2) is 0 Å². The van der Waals surface area contributed by atoms with E-state index in [0.29, 0.717) is 29.9 Å². The molecule has 1 unspecified atom stereocenters. The van der Waals surface area contributed by atoms with Gasteiger partial charge in [0.05, 0.1) is 11.5 Å². The number of likely N-dealkylation sites (tertiary alicyclic amines) is 1. The molecule has 0 radical (unpaired) electrons. The second-order valence-electron chi connectivity index (χ2n) is 5.83. The molecule has 1 saturated heterocycles. The fraction of sp³-hybridized carbons (Fsp3) is 0.500. The second kappa shape index (κ2) is 6.87. The number of aromatic nitrogens is 2. The molecular formula is C16H20N4O3. The van der Waals surface area contributed by atoms with E-state index in [9.17, 15) is 10.1 Å². The van der Waals surface area contributed by atoms with Crippen molar-refractivity contribution in [3.63, 3.8) is 0 Å². The molecule has 1 aliphatic rings. The Morgan fingerprint density at radius 3 is 2.78 bits per heavy atom. The van der Waals surface area contributed by atoms with Crippen LogP contribution in [-0.4, -0.2) is 32.6 Å². The molecule has 2 heterocycles. The smallest absolute Gasteiger partial charge is 0.269 e. The zero-order valence-corrected chi connectivity index (χ0v) is 13.1. The van der Waals surface area contributed by atoms with Gasteiger partial charge in [0.15, 0.2) is 0 Å². The van der Waals surface area contributed by atoms with E-state index in [2.05, 4.69) is 22.0 Å². The van der Waals surface area contributed by atoms with Gasteiger partial charge in [0.25, 0.3) is 5.69 Å². The number of nitro groups is 1. The van der Waals surface area contributed by atoms with Crippen LogP contribution in [0.2, 0.25) is 0 Å². The number of hydrogen-bond acceptors (Lipinski definition) is 6. The minimum absolute atomic E-state index is 0.0487. The van der Waals surface area contributed by atoms with Crippen molar-refractivity contribution in [1.29, 1.82) is 0 Å². The van der Waals surface area contributed by atoms with E-state index >= 15 is 0 Å². The van der Waals surface area contributed by atoms with E-state index in [1.54, 1.807) is 12.1 Å². The average molecular weight is 316 g/mol. The minimum atomic E-state index is -0.426. The first-order chi connectivity index (χ1) is 11.2. The topological polar surface area (TPSA) is 85.3 Å². The van der Waals surface area contributed by atoms with Crippen LogP contribution in [0, 0.1) is 10.1 Å². The predicted molar refractivity (Wildman–Crippen MR) is 84.7 cm³/mol. The highest BCUT2D eigenvalue weighted by Crippen LogP contribution is 2.24. The molecule has 1 aliphatic heterocycles. The largest absolute Gasteiger partial charge is 0.419 e. The van der Waals surface area contributed by atoms with Gasteiger partial charge in [-0.2, -0.15) is 0 Å². The lowest BCUT2D eigenvalue weighted by molar-refractivity contribution is -0.384. The third-order valence-corrected chi connectivity index (χ3v) is 4.35. The summed E-state index contributed by atoms with van der Waals surface area (Å²) in [4.78, 5) is 12.7. The van der Waals surface area contributed by atoms with E-state index in [4.69, 9.17) is 4.42 Å². The molecule has 0 aliphatic carbocycles. The summed E-state index contributed by atoms with van der Waals surface area (Å²) in [5.41, 5.74) is 0.743. The van der Waals surface area contributed by atoms with Crippen LogP contribution in [0.25, 0.3) is 11.5 Å². The van der Waals surface area contributed by atoms with Gasteiger partial charge in [0.1, 0.15) is 0 Å². The SMILES string of the molecule is CCC1CCCCN1Cc1nnc(-c2ccc([N+](=O)[O-])cc2)o1. The molecule has 1 aromatic heterocycles. The zero-order valence-electron chi connectivity index (χ0n) is 13.1. The van der Waals surface area contributed by atoms with Crippen LogP contribution in [0.3, 0.4) is 0 Å². The lowest BCUT2D eigenvalue weighted by Crippen LogP contribution is -2.38. The molecular weight excluding hydrogens is 296 g/mol. The number of hydrogen-bond donors (Lipinski definition) is 0. The number of nitro benzene ring substituents is 1. The molecule has 122 valence electrons.